The summed E-state index contributed by atoms with van der Waals surface area (Å²) in [5, 5.41) is 0. The summed E-state index contributed by atoms with van der Waals surface area (Å²) in [6.45, 7) is 7.97. The molecule has 0 radical (unpaired) electrons. The number of aromatic nitrogens is 2. The number of aromatic amines is 1. The van der Waals surface area contributed by atoms with Crippen LogP contribution in [0.3, 0.4) is 0 Å². The van der Waals surface area contributed by atoms with Crippen molar-refractivity contribution in [2.45, 2.75) is 45.1 Å². The molecule has 4 heterocycles. The number of likely N-dealkylation sites (tertiary alicyclic amines) is 2. The molecule has 1 N–H and O–H groups in total. The van der Waals surface area contributed by atoms with Gasteiger partial charge in [-0.3, -0.25) is 4.79 Å². The molecule has 3 aliphatic heterocycles. The van der Waals surface area contributed by atoms with Gasteiger partial charge in [0, 0.05) is 19.6 Å². The predicted octanol–water partition coefficient (Wildman–Crippen LogP) is 1.83. The zero-order chi connectivity index (χ0) is 16.6. The molecule has 4 rings (SSSR count). The van der Waals surface area contributed by atoms with Gasteiger partial charge in [0.2, 0.25) is 0 Å². The summed E-state index contributed by atoms with van der Waals surface area (Å²) in [7, 11) is 0. The van der Waals surface area contributed by atoms with E-state index in [0.717, 1.165) is 51.3 Å². The van der Waals surface area contributed by atoms with Crippen molar-refractivity contribution in [3.63, 3.8) is 0 Å². The molecule has 0 unspecified atom stereocenters. The number of piperidine rings is 1. The van der Waals surface area contributed by atoms with E-state index in [1.54, 1.807) is 6.20 Å². The van der Waals surface area contributed by atoms with E-state index in [0.29, 0.717) is 17.2 Å². The summed E-state index contributed by atoms with van der Waals surface area (Å²) in [5.41, 5.74) is 0.906. The van der Waals surface area contributed by atoms with Crippen LogP contribution in [-0.2, 0) is 4.74 Å². The van der Waals surface area contributed by atoms with E-state index in [2.05, 4.69) is 14.9 Å². The summed E-state index contributed by atoms with van der Waals surface area (Å²) in [5.74, 6) is 0.874. The van der Waals surface area contributed by atoms with Crippen molar-refractivity contribution in [2.24, 2.45) is 5.41 Å². The third-order valence-electron chi connectivity index (χ3n) is 5.99. The van der Waals surface area contributed by atoms with E-state index in [9.17, 15) is 4.79 Å². The van der Waals surface area contributed by atoms with Crippen molar-refractivity contribution in [1.29, 1.82) is 0 Å². The topological polar surface area (TPSA) is 61.5 Å². The number of carbonyl (C=O) groups is 1. The first-order valence-electron chi connectivity index (χ1n) is 9.28. The highest BCUT2D eigenvalue weighted by atomic mass is 16.5. The molecule has 3 saturated heterocycles. The van der Waals surface area contributed by atoms with Crippen LogP contribution in [0.4, 0.5) is 0 Å². The highest BCUT2D eigenvalue weighted by Crippen LogP contribution is 2.42. The number of hydrogen-bond acceptors (Lipinski definition) is 4. The predicted molar refractivity (Wildman–Crippen MR) is 90.9 cm³/mol. The van der Waals surface area contributed by atoms with Crippen molar-refractivity contribution in [2.75, 3.05) is 39.3 Å². The average molecular weight is 332 g/mol. The minimum absolute atomic E-state index is 0.0815. The summed E-state index contributed by atoms with van der Waals surface area (Å²) in [4.78, 5) is 24.2. The smallest absolute Gasteiger partial charge is 0.271 e. The fourth-order valence-electron chi connectivity index (χ4n) is 4.50. The number of aryl methyl sites for hydroxylation is 1. The zero-order valence-electron chi connectivity index (χ0n) is 14.6. The van der Waals surface area contributed by atoms with E-state index in [-0.39, 0.29) is 5.91 Å². The second-order valence-corrected chi connectivity index (χ2v) is 7.82. The maximum atomic E-state index is 12.5. The van der Waals surface area contributed by atoms with Crippen LogP contribution in [0.1, 0.15) is 48.4 Å². The van der Waals surface area contributed by atoms with Gasteiger partial charge < -0.3 is 19.5 Å². The molecule has 6 nitrogen and oxygen atoms in total. The van der Waals surface area contributed by atoms with Crippen molar-refractivity contribution >= 4 is 5.91 Å². The lowest BCUT2D eigenvalue weighted by molar-refractivity contribution is 0.0457. The number of rotatable bonds is 3. The molecular weight excluding hydrogens is 304 g/mol. The van der Waals surface area contributed by atoms with Crippen molar-refractivity contribution < 1.29 is 9.53 Å². The SMILES string of the molecule is Cc1ncc(C(=O)N2CCC3(CC2)CO[C@@H](CN2CCCC2)C3)[nH]1. The summed E-state index contributed by atoms with van der Waals surface area (Å²) >= 11 is 0. The van der Waals surface area contributed by atoms with Crippen LogP contribution < -0.4 is 0 Å². The Morgan fingerprint density at radius 1 is 1.33 bits per heavy atom. The van der Waals surface area contributed by atoms with Gasteiger partial charge in [-0.2, -0.15) is 0 Å². The molecule has 24 heavy (non-hydrogen) atoms. The van der Waals surface area contributed by atoms with Gasteiger partial charge >= 0.3 is 0 Å². The summed E-state index contributed by atoms with van der Waals surface area (Å²) in [6, 6.07) is 0. The molecule has 3 aliphatic rings. The fraction of sp³-hybridized carbons (Fsp3) is 0.778. The van der Waals surface area contributed by atoms with Crippen LogP contribution in [-0.4, -0.2) is 71.1 Å². The largest absolute Gasteiger partial charge is 0.376 e. The molecular formula is C18H28N4O2. The van der Waals surface area contributed by atoms with E-state index in [1.165, 1.54) is 25.9 Å². The number of nitrogens with zero attached hydrogens (tertiary/aromatic N) is 3. The molecule has 1 atom stereocenters. The standard InChI is InChI=1S/C18H28N4O2/c1-14-19-11-16(20-14)17(23)22-8-4-18(5-9-22)10-15(24-13-18)12-21-6-2-3-7-21/h11,15H,2-10,12-13H2,1H3,(H,19,20)/t15-/m1/s1. The number of amides is 1. The maximum absolute atomic E-state index is 12.5. The molecule has 0 aromatic carbocycles. The van der Waals surface area contributed by atoms with E-state index < -0.39 is 0 Å². The molecule has 1 spiro atoms. The molecule has 6 heteroatoms. The van der Waals surface area contributed by atoms with E-state index in [4.69, 9.17) is 4.74 Å². The van der Waals surface area contributed by atoms with Gasteiger partial charge in [0.25, 0.3) is 5.91 Å². The molecule has 1 aromatic heterocycles. The third-order valence-corrected chi connectivity index (χ3v) is 5.99. The van der Waals surface area contributed by atoms with Gasteiger partial charge in [-0.1, -0.05) is 0 Å². The number of nitrogens with one attached hydrogen (secondary N) is 1. The second-order valence-electron chi connectivity index (χ2n) is 7.82. The minimum atomic E-state index is 0.0815. The lowest BCUT2D eigenvalue weighted by Crippen LogP contribution is -2.43. The van der Waals surface area contributed by atoms with Gasteiger partial charge in [-0.15, -0.1) is 0 Å². The van der Waals surface area contributed by atoms with Crippen LogP contribution in [0.5, 0.6) is 0 Å². The summed E-state index contributed by atoms with van der Waals surface area (Å²) in [6.07, 6.45) is 7.98. The Kier molecular flexibility index (Phi) is 4.35. The Morgan fingerprint density at radius 2 is 2.08 bits per heavy atom. The quantitative estimate of drug-likeness (QED) is 0.917. The number of ether oxygens (including phenoxy) is 1. The number of carbonyl (C=O) groups excluding carboxylic acids is 1. The van der Waals surface area contributed by atoms with E-state index in [1.807, 2.05) is 11.8 Å². The zero-order valence-corrected chi connectivity index (χ0v) is 14.6. The lowest BCUT2D eigenvalue weighted by atomic mass is 9.76. The first-order chi connectivity index (χ1) is 11.6. The third kappa shape index (κ3) is 3.22. The molecule has 0 saturated carbocycles. The molecule has 1 amide bonds. The van der Waals surface area contributed by atoms with Gasteiger partial charge in [-0.05, 0) is 57.5 Å². The van der Waals surface area contributed by atoms with Crippen LogP contribution in [0.25, 0.3) is 0 Å². The highest BCUT2D eigenvalue weighted by Gasteiger charge is 2.43. The minimum Gasteiger partial charge on any atom is -0.376 e. The first kappa shape index (κ1) is 16.1. The van der Waals surface area contributed by atoms with Gasteiger partial charge in [0.15, 0.2) is 0 Å². The van der Waals surface area contributed by atoms with Gasteiger partial charge in [-0.25, -0.2) is 4.98 Å². The molecule has 3 fully saturated rings. The number of H-pyrrole nitrogens is 1. The Balaban J connectivity index is 1.30. The molecule has 132 valence electrons. The second kappa shape index (κ2) is 6.48. The molecule has 0 aliphatic carbocycles. The van der Waals surface area contributed by atoms with Gasteiger partial charge in [0.1, 0.15) is 11.5 Å². The van der Waals surface area contributed by atoms with Gasteiger partial charge in [0.05, 0.1) is 18.9 Å². The molecule has 0 bridgehead atoms. The van der Waals surface area contributed by atoms with Crippen LogP contribution in [0, 0.1) is 12.3 Å². The van der Waals surface area contributed by atoms with Crippen molar-refractivity contribution in [3.05, 3.63) is 17.7 Å². The fourth-order valence-corrected chi connectivity index (χ4v) is 4.50. The Bertz CT molecular complexity index is 586. The van der Waals surface area contributed by atoms with E-state index >= 15 is 0 Å². The normalized spacial score (nSPS) is 27.2. The van der Waals surface area contributed by atoms with Crippen molar-refractivity contribution in [1.82, 2.24) is 19.8 Å². The van der Waals surface area contributed by atoms with Crippen LogP contribution in [0.2, 0.25) is 0 Å². The number of imidazole rings is 1. The summed E-state index contributed by atoms with van der Waals surface area (Å²) < 4.78 is 6.13. The average Bonchev–Trinajstić information content (AvgIpc) is 3.31. The first-order valence-corrected chi connectivity index (χ1v) is 9.28. The van der Waals surface area contributed by atoms with Crippen molar-refractivity contribution in [3.8, 4) is 0 Å². The Morgan fingerprint density at radius 3 is 2.75 bits per heavy atom. The highest BCUT2D eigenvalue weighted by molar-refractivity contribution is 5.92. The monoisotopic (exact) mass is 332 g/mol. The maximum Gasteiger partial charge on any atom is 0.271 e. The van der Waals surface area contributed by atoms with Crippen LogP contribution in [0.15, 0.2) is 6.20 Å². The van der Waals surface area contributed by atoms with Crippen LogP contribution >= 0.6 is 0 Å². The lowest BCUT2D eigenvalue weighted by Gasteiger charge is -2.38. The Hall–Kier alpha value is -1.40. The molecule has 1 aromatic rings. The Labute approximate surface area is 143 Å². The number of hydrogen-bond donors (Lipinski definition) is 1.